The van der Waals surface area contributed by atoms with Gasteiger partial charge < -0.3 is 14.7 Å². The Morgan fingerprint density at radius 3 is 2.67 bits per heavy atom. The third-order valence-corrected chi connectivity index (χ3v) is 3.27. The van der Waals surface area contributed by atoms with E-state index in [1.54, 1.807) is 12.1 Å². The van der Waals surface area contributed by atoms with Crippen molar-refractivity contribution in [1.82, 2.24) is 5.16 Å². The van der Waals surface area contributed by atoms with Crippen molar-refractivity contribution < 1.29 is 19.0 Å². The van der Waals surface area contributed by atoms with Gasteiger partial charge in [-0.3, -0.25) is 4.63 Å². The molecule has 104 valence electrons. The van der Waals surface area contributed by atoms with Crippen LogP contribution < -0.4 is 14.4 Å². The van der Waals surface area contributed by atoms with Gasteiger partial charge in [0.2, 0.25) is 17.8 Å². The third-order valence-electron chi connectivity index (χ3n) is 3.27. The van der Waals surface area contributed by atoms with Gasteiger partial charge in [0.1, 0.15) is 0 Å². The Labute approximate surface area is 119 Å². The molecule has 1 aliphatic heterocycles. The van der Waals surface area contributed by atoms with Gasteiger partial charge in [-0.25, -0.2) is 0 Å². The molecule has 0 spiro atoms. The maximum atomic E-state index is 11.2. The van der Waals surface area contributed by atoms with Crippen LogP contribution in [0.5, 0.6) is 11.5 Å². The van der Waals surface area contributed by atoms with E-state index in [1.165, 1.54) is 0 Å². The highest BCUT2D eigenvalue weighted by molar-refractivity contribution is 5.78. The van der Waals surface area contributed by atoms with Gasteiger partial charge >= 0.3 is 0 Å². The van der Waals surface area contributed by atoms with E-state index < -0.39 is 0 Å². The summed E-state index contributed by atoms with van der Waals surface area (Å²) in [5.41, 5.74) is 2.86. The van der Waals surface area contributed by atoms with Crippen LogP contribution in [-0.4, -0.2) is 11.9 Å². The maximum Gasteiger partial charge on any atom is 0.249 e. The number of benzene rings is 2. The lowest BCUT2D eigenvalue weighted by molar-refractivity contribution is -0.782. The van der Waals surface area contributed by atoms with Gasteiger partial charge in [0.15, 0.2) is 11.5 Å². The number of fused-ring (bicyclic) bond motifs is 2. The summed E-state index contributed by atoms with van der Waals surface area (Å²) in [6.45, 7) is 0.264. The Kier molecular flexibility index (Phi) is 2.53. The van der Waals surface area contributed by atoms with Crippen molar-refractivity contribution in [2.24, 2.45) is 0 Å². The second-order valence-corrected chi connectivity index (χ2v) is 4.62. The summed E-state index contributed by atoms with van der Waals surface area (Å²) in [6, 6.07) is 11.0. The highest BCUT2D eigenvalue weighted by Gasteiger charge is 2.12. The van der Waals surface area contributed by atoms with Crippen molar-refractivity contribution >= 4 is 23.2 Å². The zero-order chi connectivity index (χ0) is 14.2. The number of hydrogen-bond donors (Lipinski definition) is 0. The average molecular weight is 282 g/mol. The van der Waals surface area contributed by atoms with E-state index >= 15 is 0 Å². The lowest BCUT2D eigenvalue weighted by Crippen LogP contribution is -2.22. The second-order valence-electron chi connectivity index (χ2n) is 4.62. The molecule has 3 aromatic rings. The molecule has 21 heavy (non-hydrogen) atoms. The number of nitrogens with zero attached hydrogens (tertiary/aromatic N) is 2. The first-order valence-corrected chi connectivity index (χ1v) is 6.37. The van der Waals surface area contributed by atoms with Crippen LogP contribution in [0.25, 0.3) is 23.2 Å². The number of ether oxygens (including phenoxy) is 2. The van der Waals surface area contributed by atoms with Gasteiger partial charge in [-0.15, -0.1) is 0 Å². The zero-order valence-electron chi connectivity index (χ0n) is 10.9. The highest BCUT2D eigenvalue weighted by atomic mass is 16.8. The summed E-state index contributed by atoms with van der Waals surface area (Å²) in [5.74, 6) is 1.51. The van der Waals surface area contributed by atoms with Crippen molar-refractivity contribution in [2.45, 2.75) is 0 Å². The molecule has 0 saturated carbocycles. The largest absolute Gasteiger partial charge is 0.454 e. The Balaban J connectivity index is 1.64. The maximum absolute atomic E-state index is 11.2. The lowest BCUT2D eigenvalue weighted by atomic mass is 10.1. The van der Waals surface area contributed by atoms with E-state index in [1.807, 2.05) is 36.4 Å². The van der Waals surface area contributed by atoms with Crippen LogP contribution in [0, 0.1) is 5.21 Å². The molecule has 0 atom stereocenters. The van der Waals surface area contributed by atoms with Crippen molar-refractivity contribution in [3.8, 4) is 11.5 Å². The van der Waals surface area contributed by atoms with Gasteiger partial charge in [-0.2, -0.15) is 0 Å². The van der Waals surface area contributed by atoms with E-state index in [4.69, 9.17) is 9.47 Å². The molecule has 6 heteroatoms. The smallest absolute Gasteiger partial charge is 0.249 e. The molecule has 2 aromatic carbocycles. The molecular formula is C15H10N2O4. The molecule has 1 aromatic heterocycles. The Morgan fingerprint density at radius 1 is 1.00 bits per heavy atom. The van der Waals surface area contributed by atoms with E-state index in [-0.39, 0.29) is 6.79 Å². The van der Waals surface area contributed by atoms with Gasteiger partial charge in [0.05, 0.1) is 0 Å². The fourth-order valence-electron chi connectivity index (χ4n) is 2.21. The van der Waals surface area contributed by atoms with Crippen LogP contribution >= 0.6 is 0 Å². The van der Waals surface area contributed by atoms with E-state index in [0.29, 0.717) is 15.9 Å². The molecule has 0 aliphatic carbocycles. The normalized spacial score (nSPS) is 13.3. The predicted octanol–water partition coefficient (Wildman–Crippen LogP) is 2.36. The third kappa shape index (κ3) is 2.06. The summed E-state index contributed by atoms with van der Waals surface area (Å²) >= 11 is 0. The average Bonchev–Trinajstić information content (AvgIpc) is 3.11. The van der Waals surface area contributed by atoms with Gasteiger partial charge in [-0.1, -0.05) is 24.3 Å². The molecule has 2 heterocycles. The van der Waals surface area contributed by atoms with E-state index in [9.17, 15) is 5.21 Å². The van der Waals surface area contributed by atoms with Crippen LogP contribution in [0.1, 0.15) is 11.1 Å². The van der Waals surface area contributed by atoms with Gasteiger partial charge in [-0.05, 0) is 34.2 Å². The van der Waals surface area contributed by atoms with Crippen LogP contribution in [0.4, 0.5) is 0 Å². The van der Waals surface area contributed by atoms with Gasteiger partial charge in [0.25, 0.3) is 0 Å². The van der Waals surface area contributed by atoms with Crippen LogP contribution in [0.3, 0.4) is 0 Å². The summed E-state index contributed by atoms with van der Waals surface area (Å²) in [4.78, 5) is 0.390. The molecule has 0 unspecified atom stereocenters. The first-order valence-electron chi connectivity index (χ1n) is 6.37. The van der Waals surface area contributed by atoms with Crippen molar-refractivity contribution in [3.63, 3.8) is 0 Å². The second kappa shape index (κ2) is 4.52. The minimum absolute atomic E-state index is 0.264. The molecule has 6 nitrogen and oxygen atoms in total. The Bertz CT molecular complexity index is 854. The molecule has 0 amide bonds. The first-order chi connectivity index (χ1) is 10.3. The molecule has 0 N–H and O–H groups in total. The first kappa shape index (κ1) is 11.8. The Morgan fingerprint density at radius 2 is 1.76 bits per heavy atom. The molecule has 1 aliphatic rings. The predicted molar refractivity (Wildman–Crippen MR) is 74.5 cm³/mol. The quantitative estimate of drug-likeness (QED) is 0.533. The number of rotatable bonds is 2. The summed E-state index contributed by atoms with van der Waals surface area (Å²) < 4.78 is 15.1. The Hall–Kier alpha value is -3.02. The van der Waals surface area contributed by atoms with Crippen LogP contribution in [-0.2, 0) is 0 Å². The fourth-order valence-corrected chi connectivity index (χ4v) is 2.21. The standard InChI is InChI=1S/C15H10N2O4/c18-17-13-5-3-10(7-12(13)16-21-17)1-2-11-4-6-14-15(8-11)20-9-19-14/h1-8H,9H2/b2-1-. The number of hydrogen-bond acceptors (Lipinski definition) is 5. The van der Waals surface area contributed by atoms with Crippen molar-refractivity contribution in [2.75, 3.05) is 6.79 Å². The molecule has 0 bridgehead atoms. The molecular weight excluding hydrogens is 272 g/mol. The lowest BCUT2D eigenvalue weighted by Gasteiger charge is -1.97. The molecule has 0 saturated heterocycles. The van der Waals surface area contributed by atoms with Crippen molar-refractivity contribution in [3.05, 3.63) is 52.7 Å². The summed E-state index contributed by atoms with van der Waals surface area (Å²) in [5, 5.41) is 14.9. The summed E-state index contributed by atoms with van der Waals surface area (Å²) in [6.07, 6.45) is 3.88. The van der Waals surface area contributed by atoms with E-state index in [2.05, 4.69) is 9.79 Å². The zero-order valence-corrected chi connectivity index (χ0v) is 10.9. The highest BCUT2D eigenvalue weighted by Crippen LogP contribution is 2.32. The fraction of sp³-hybridized carbons (Fsp3) is 0.0667. The minimum atomic E-state index is 0.264. The molecule has 4 rings (SSSR count). The molecule has 0 radical (unpaired) electrons. The monoisotopic (exact) mass is 282 g/mol. The van der Waals surface area contributed by atoms with Crippen LogP contribution in [0.2, 0.25) is 0 Å². The number of aromatic nitrogens is 2. The van der Waals surface area contributed by atoms with Crippen LogP contribution in [0.15, 0.2) is 41.0 Å². The molecule has 0 fully saturated rings. The SMILES string of the molecule is [O-][n+]1onc2cc(/C=C\c3ccc4c(c3)OCO4)ccc21. The summed E-state index contributed by atoms with van der Waals surface area (Å²) in [7, 11) is 0. The topological polar surface area (TPSA) is 71.4 Å². The van der Waals surface area contributed by atoms with E-state index in [0.717, 1.165) is 22.6 Å². The minimum Gasteiger partial charge on any atom is -0.454 e. The van der Waals surface area contributed by atoms with Crippen molar-refractivity contribution in [1.29, 1.82) is 0 Å². The van der Waals surface area contributed by atoms with Gasteiger partial charge in [0, 0.05) is 11.2 Å².